The number of benzene rings is 3. The summed E-state index contributed by atoms with van der Waals surface area (Å²) >= 11 is 7.53. The number of halogens is 1. The number of hydrogen-bond acceptors (Lipinski definition) is 6. The fourth-order valence-electron chi connectivity index (χ4n) is 3.86. The molecule has 0 fully saturated rings. The van der Waals surface area contributed by atoms with Gasteiger partial charge in [0.25, 0.3) is 0 Å². The minimum absolute atomic E-state index is 0. The molecule has 0 aliphatic heterocycles. The van der Waals surface area contributed by atoms with Gasteiger partial charge in [0.1, 0.15) is 16.2 Å². The van der Waals surface area contributed by atoms with E-state index in [-0.39, 0.29) is 32.9 Å². The Labute approximate surface area is 245 Å². The molecule has 0 aliphatic rings. The molecule has 0 N–H and O–H groups in total. The van der Waals surface area contributed by atoms with Crippen molar-refractivity contribution in [1.29, 1.82) is 0 Å². The molecule has 0 bridgehead atoms. The molecule has 0 atom stereocenters. The Bertz CT molecular complexity index is 1820. The summed E-state index contributed by atoms with van der Waals surface area (Å²) < 4.78 is 11.4. The van der Waals surface area contributed by atoms with Crippen LogP contribution in [0.5, 0.6) is 0 Å². The van der Waals surface area contributed by atoms with Crippen LogP contribution in [0.15, 0.2) is 85.2 Å². The average Bonchev–Trinajstić information content (AvgIpc) is 3.23. The normalized spacial score (nSPS) is 9.85. The monoisotopic (exact) mass is 579 g/mol. The highest BCUT2D eigenvalue weighted by atomic mass is 35.5. The van der Waals surface area contributed by atoms with E-state index in [2.05, 4.69) is 11.1 Å². The summed E-state index contributed by atoms with van der Waals surface area (Å²) in [5, 5.41) is 3.20. The van der Waals surface area contributed by atoms with Crippen LogP contribution in [-0.4, -0.2) is 4.98 Å². The summed E-state index contributed by atoms with van der Waals surface area (Å²) in [6.07, 6.45) is 0. The van der Waals surface area contributed by atoms with Gasteiger partial charge in [-0.15, -0.1) is 11.3 Å². The van der Waals surface area contributed by atoms with Crippen LogP contribution in [0.25, 0.3) is 32.2 Å². The van der Waals surface area contributed by atoms with Crippen molar-refractivity contribution in [2.24, 2.45) is 0 Å². The molecule has 0 amide bonds. The largest absolute Gasteiger partial charge is 0.423 e. The van der Waals surface area contributed by atoms with Crippen LogP contribution >= 0.6 is 22.9 Å². The van der Waals surface area contributed by atoms with E-state index in [0.717, 1.165) is 43.6 Å². The van der Waals surface area contributed by atoms with Gasteiger partial charge in [0, 0.05) is 16.8 Å². The molecule has 3 heterocycles. The van der Waals surface area contributed by atoms with Gasteiger partial charge in [-0.25, -0.2) is 14.6 Å². The van der Waals surface area contributed by atoms with Crippen LogP contribution in [0.2, 0.25) is 5.02 Å². The Kier molecular flexibility index (Phi) is 12.5. The van der Waals surface area contributed by atoms with Gasteiger partial charge in [0.05, 0.1) is 15.2 Å². The van der Waals surface area contributed by atoms with Gasteiger partial charge in [-0.2, -0.15) is 0 Å². The highest BCUT2D eigenvalue weighted by Gasteiger charge is 2.08. The Morgan fingerprint density at radius 3 is 1.93 bits per heavy atom. The molecule has 6 aromatic rings. The second-order valence-corrected chi connectivity index (χ2v) is 10.4. The Hall–Kier alpha value is -3.74. The summed E-state index contributed by atoms with van der Waals surface area (Å²) in [6.45, 7) is 9.68. The van der Waals surface area contributed by atoms with Crippen molar-refractivity contribution < 1.29 is 8.83 Å². The van der Waals surface area contributed by atoms with Gasteiger partial charge in [0.2, 0.25) is 0 Å². The molecule has 6 rings (SSSR count). The van der Waals surface area contributed by atoms with E-state index >= 15 is 0 Å². The quantitative estimate of drug-likeness (QED) is 0.167. The van der Waals surface area contributed by atoms with Crippen LogP contribution in [0.4, 0.5) is 0 Å². The zero-order chi connectivity index (χ0) is 26.7. The fourth-order valence-corrected chi connectivity index (χ4v) is 4.83. The molecule has 3 aromatic carbocycles. The third-order valence-electron chi connectivity index (χ3n) is 5.76. The van der Waals surface area contributed by atoms with Gasteiger partial charge in [0.15, 0.2) is 0 Å². The fraction of sp³-hybridized carbons (Fsp3) is 0.242. The second kappa shape index (κ2) is 14.6. The summed E-state index contributed by atoms with van der Waals surface area (Å²) in [5.41, 5.74) is 5.53. The third-order valence-corrected chi connectivity index (χ3v) is 7.15. The lowest BCUT2D eigenvalue weighted by molar-refractivity contribution is 0.559. The van der Waals surface area contributed by atoms with E-state index in [1.54, 1.807) is 11.3 Å². The molecule has 5 nitrogen and oxygen atoms in total. The van der Waals surface area contributed by atoms with Crippen molar-refractivity contribution in [3.63, 3.8) is 0 Å². The van der Waals surface area contributed by atoms with E-state index in [1.165, 1.54) is 10.8 Å². The first kappa shape index (κ1) is 34.3. The topological polar surface area (TPSA) is 73.3 Å². The Morgan fingerprint density at radius 1 is 0.725 bits per heavy atom. The first-order chi connectivity index (χ1) is 17.6. The van der Waals surface area contributed by atoms with Gasteiger partial charge in [-0.3, -0.25) is 0 Å². The highest BCUT2D eigenvalue weighted by molar-refractivity contribution is 7.18. The molecular weight excluding hydrogens is 542 g/mol. The maximum absolute atomic E-state index is 11.3. The number of hydrogen-bond donors (Lipinski definition) is 0. The molecular formula is C33H38ClNO4S. The van der Waals surface area contributed by atoms with E-state index in [4.69, 9.17) is 20.4 Å². The summed E-state index contributed by atoms with van der Waals surface area (Å²) in [6, 6.07) is 21.3. The molecule has 0 saturated heterocycles. The average molecular weight is 580 g/mol. The number of aromatic nitrogens is 1. The molecule has 7 heteroatoms. The van der Waals surface area contributed by atoms with Crippen molar-refractivity contribution in [2.75, 3.05) is 0 Å². The lowest BCUT2D eigenvalue weighted by Gasteiger charge is -2.02. The van der Waals surface area contributed by atoms with Crippen molar-refractivity contribution >= 4 is 55.1 Å². The highest BCUT2D eigenvalue weighted by Crippen LogP contribution is 2.23. The molecule has 0 spiro atoms. The van der Waals surface area contributed by atoms with Crippen LogP contribution in [0.1, 0.15) is 49.5 Å². The number of thiazole rings is 1. The molecule has 0 saturated carbocycles. The van der Waals surface area contributed by atoms with E-state index in [9.17, 15) is 9.59 Å². The van der Waals surface area contributed by atoms with Crippen LogP contribution in [0.3, 0.4) is 0 Å². The molecule has 3 aromatic heterocycles. The first-order valence-electron chi connectivity index (χ1n) is 11.6. The maximum atomic E-state index is 11.3. The first-order valence-corrected chi connectivity index (χ1v) is 12.8. The number of nitrogens with zero attached hydrogens (tertiary/aromatic N) is 1. The number of para-hydroxylation sites is 1. The third kappa shape index (κ3) is 7.90. The second-order valence-electron chi connectivity index (χ2n) is 8.78. The molecule has 40 heavy (non-hydrogen) atoms. The predicted molar refractivity (Wildman–Crippen MR) is 173 cm³/mol. The standard InChI is InChI=1S/C11H9ClO2.C11H10O2.C8H7NS.3CH4/c1-6-3-4-8-7(2)10(12)11(13)14-9(8)5-6;1-7-3-4-9-8(2)6-11(12)13-10(9)5-7;1-6-9-7-4-2-3-5-8(7)10-6;;;/h3-5H,1-2H3;3-6H,1-2H3;2-5H,1H3;3*1H4. The minimum atomic E-state index is -0.470. The zero-order valence-electron chi connectivity index (χ0n) is 21.2. The van der Waals surface area contributed by atoms with E-state index in [0.29, 0.717) is 11.2 Å². The maximum Gasteiger partial charge on any atom is 0.355 e. The van der Waals surface area contributed by atoms with Crippen LogP contribution in [0, 0.1) is 34.6 Å². The number of aryl methyl sites for hydroxylation is 5. The number of fused-ring (bicyclic) bond motifs is 3. The Morgan fingerprint density at radius 2 is 1.30 bits per heavy atom. The van der Waals surface area contributed by atoms with Gasteiger partial charge < -0.3 is 8.83 Å². The van der Waals surface area contributed by atoms with E-state index in [1.807, 2.05) is 89.2 Å². The summed E-state index contributed by atoms with van der Waals surface area (Å²) in [7, 11) is 0. The molecule has 0 aliphatic carbocycles. The van der Waals surface area contributed by atoms with E-state index < -0.39 is 5.63 Å². The zero-order valence-corrected chi connectivity index (χ0v) is 22.8. The minimum Gasteiger partial charge on any atom is -0.423 e. The predicted octanol–water partition coefficient (Wildman–Crippen LogP) is 9.99. The van der Waals surface area contributed by atoms with Gasteiger partial charge in [-0.1, -0.05) is 70.3 Å². The van der Waals surface area contributed by atoms with Gasteiger partial charge in [-0.05, 0) is 81.1 Å². The summed E-state index contributed by atoms with van der Waals surface area (Å²) in [4.78, 5) is 26.6. The van der Waals surface area contributed by atoms with Crippen LogP contribution in [-0.2, 0) is 0 Å². The number of rotatable bonds is 0. The van der Waals surface area contributed by atoms with Gasteiger partial charge >= 0.3 is 11.3 Å². The lowest BCUT2D eigenvalue weighted by Crippen LogP contribution is -2.01. The summed E-state index contributed by atoms with van der Waals surface area (Å²) in [5.74, 6) is 0. The molecule has 0 unspecified atom stereocenters. The van der Waals surface area contributed by atoms with Crippen LogP contribution < -0.4 is 11.3 Å². The van der Waals surface area contributed by atoms with Crippen molar-refractivity contribution in [3.8, 4) is 0 Å². The van der Waals surface area contributed by atoms with Crippen molar-refractivity contribution in [1.82, 2.24) is 4.98 Å². The SMILES string of the molecule is C.C.C.Cc1ccc2c(C)c(Cl)c(=O)oc2c1.Cc1ccc2c(C)cc(=O)oc2c1.Cc1nc2ccccc2s1. The lowest BCUT2D eigenvalue weighted by atomic mass is 10.1. The smallest absolute Gasteiger partial charge is 0.355 e. The molecule has 212 valence electrons. The Balaban J connectivity index is 0.000000292. The van der Waals surface area contributed by atoms with Crippen molar-refractivity contribution in [2.45, 2.75) is 56.9 Å². The molecule has 0 radical (unpaired) electrons. The van der Waals surface area contributed by atoms with Crippen molar-refractivity contribution in [3.05, 3.63) is 120 Å².